The molecule has 1 unspecified atom stereocenters. The molecule has 0 amide bonds. The first-order chi connectivity index (χ1) is 8.70. The Balaban J connectivity index is 2.49. The van der Waals surface area contributed by atoms with Gasteiger partial charge in [-0.2, -0.15) is 0 Å². The van der Waals surface area contributed by atoms with Crippen LogP contribution in [0, 0.1) is 6.92 Å². The van der Waals surface area contributed by atoms with Gasteiger partial charge in [-0.15, -0.1) is 17.9 Å². The highest BCUT2D eigenvalue weighted by Gasteiger charge is 2.16. The fraction of sp³-hybridized carbons (Fsp3) is 0.600. The summed E-state index contributed by atoms with van der Waals surface area (Å²) in [5, 5.41) is 6.66. The average molecular weight is 286 g/mol. The molecule has 1 atom stereocenters. The van der Waals surface area contributed by atoms with Crippen molar-refractivity contribution in [3.63, 3.8) is 0 Å². The molecule has 1 rings (SSSR count). The van der Waals surface area contributed by atoms with Crippen LogP contribution in [0.3, 0.4) is 0 Å². The maximum Gasteiger partial charge on any atom is 0.0590 e. The van der Waals surface area contributed by atoms with Crippen molar-refractivity contribution in [3.05, 3.63) is 33.5 Å². The van der Waals surface area contributed by atoms with Crippen molar-refractivity contribution in [2.75, 3.05) is 6.54 Å². The van der Waals surface area contributed by atoms with E-state index in [2.05, 4.69) is 31.1 Å². The molecule has 1 nitrogen and oxygen atoms in total. The Bertz CT molecular complexity index is 359. The third-order valence-corrected chi connectivity index (χ3v) is 4.92. The summed E-state index contributed by atoms with van der Waals surface area (Å²) < 4.78 is 0. The van der Waals surface area contributed by atoms with Crippen LogP contribution in [-0.2, 0) is 0 Å². The summed E-state index contributed by atoms with van der Waals surface area (Å²) in [5.74, 6) is 0. The van der Waals surface area contributed by atoms with Crippen LogP contribution in [0.1, 0.15) is 55.5 Å². The lowest BCUT2D eigenvalue weighted by molar-refractivity contribution is 0.490. The van der Waals surface area contributed by atoms with Crippen LogP contribution < -0.4 is 5.32 Å². The molecule has 0 bridgehead atoms. The molecule has 0 radical (unpaired) electrons. The van der Waals surface area contributed by atoms with E-state index in [4.69, 9.17) is 11.6 Å². The van der Waals surface area contributed by atoms with Gasteiger partial charge in [0.2, 0.25) is 0 Å². The van der Waals surface area contributed by atoms with E-state index in [1.54, 1.807) is 11.3 Å². The van der Waals surface area contributed by atoms with E-state index in [9.17, 15) is 0 Å². The summed E-state index contributed by atoms with van der Waals surface area (Å²) >= 11 is 8.14. The van der Waals surface area contributed by atoms with Crippen LogP contribution in [-0.4, -0.2) is 6.54 Å². The van der Waals surface area contributed by atoms with E-state index in [0.29, 0.717) is 6.04 Å². The third-order valence-electron chi connectivity index (χ3n) is 3.09. The van der Waals surface area contributed by atoms with E-state index in [1.807, 2.05) is 6.08 Å². The number of halogens is 1. The van der Waals surface area contributed by atoms with Gasteiger partial charge in [-0.1, -0.05) is 37.4 Å². The molecule has 1 aromatic heterocycles. The van der Waals surface area contributed by atoms with Crippen LogP contribution >= 0.6 is 22.9 Å². The monoisotopic (exact) mass is 285 g/mol. The molecule has 3 heteroatoms. The van der Waals surface area contributed by atoms with Crippen molar-refractivity contribution in [1.82, 2.24) is 5.32 Å². The van der Waals surface area contributed by atoms with E-state index in [1.165, 1.54) is 36.1 Å². The van der Waals surface area contributed by atoms with Crippen molar-refractivity contribution in [3.8, 4) is 0 Å². The number of allylic oxidation sites excluding steroid dienone is 1. The van der Waals surface area contributed by atoms with Crippen LogP contribution in [0.25, 0.3) is 0 Å². The predicted molar refractivity (Wildman–Crippen MR) is 83.8 cm³/mol. The zero-order valence-electron chi connectivity index (χ0n) is 11.5. The summed E-state index contributed by atoms with van der Waals surface area (Å²) in [7, 11) is 0. The summed E-state index contributed by atoms with van der Waals surface area (Å²) in [6.45, 7) is 8.98. The molecule has 1 N–H and O–H groups in total. The Kier molecular flexibility index (Phi) is 7.64. The number of aryl methyl sites for hydroxylation is 1. The maximum absolute atomic E-state index is 6.36. The third kappa shape index (κ3) is 4.75. The van der Waals surface area contributed by atoms with Gasteiger partial charge in [0.25, 0.3) is 0 Å². The number of unbranched alkanes of at least 4 members (excludes halogenated alkanes) is 3. The highest BCUT2D eigenvalue weighted by molar-refractivity contribution is 7.10. The molecule has 0 fully saturated rings. The van der Waals surface area contributed by atoms with E-state index in [-0.39, 0.29) is 0 Å². The Hall–Kier alpha value is -0.310. The zero-order chi connectivity index (χ0) is 13.4. The number of thiophene rings is 1. The van der Waals surface area contributed by atoms with Crippen molar-refractivity contribution in [2.45, 2.75) is 52.0 Å². The van der Waals surface area contributed by atoms with Gasteiger partial charge in [-0.25, -0.2) is 0 Å². The molecular weight excluding hydrogens is 262 g/mol. The van der Waals surface area contributed by atoms with Crippen LogP contribution in [0.4, 0.5) is 0 Å². The lowest BCUT2D eigenvalue weighted by Gasteiger charge is -2.17. The molecule has 0 saturated carbocycles. The minimum atomic E-state index is 0.421. The van der Waals surface area contributed by atoms with Gasteiger partial charge in [-0.3, -0.25) is 0 Å². The smallest absolute Gasteiger partial charge is 0.0590 e. The zero-order valence-corrected chi connectivity index (χ0v) is 13.0. The molecule has 0 aromatic carbocycles. The Labute approximate surface area is 120 Å². The Morgan fingerprint density at radius 2 is 2.22 bits per heavy atom. The number of hydrogen-bond acceptors (Lipinski definition) is 2. The predicted octanol–water partition coefficient (Wildman–Crippen LogP) is 5.50. The molecule has 1 heterocycles. The molecular formula is C15H24ClNS. The first kappa shape index (κ1) is 15.7. The van der Waals surface area contributed by atoms with E-state index >= 15 is 0 Å². The fourth-order valence-corrected chi connectivity index (χ4v) is 3.51. The lowest BCUT2D eigenvalue weighted by Crippen LogP contribution is -2.20. The topological polar surface area (TPSA) is 12.0 Å². The minimum absolute atomic E-state index is 0.421. The average Bonchev–Trinajstić information content (AvgIpc) is 2.69. The molecule has 0 aliphatic rings. The van der Waals surface area contributed by atoms with Crippen molar-refractivity contribution in [1.29, 1.82) is 0 Å². The van der Waals surface area contributed by atoms with Gasteiger partial charge in [-0.05, 0) is 43.7 Å². The van der Waals surface area contributed by atoms with E-state index < -0.39 is 0 Å². The van der Waals surface area contributed by atoms with Gasteiger partial charge in [0.15, 0.2) is 0 Å². The number of hydrogen-bond donors (Lipinski definition) is 1. The quantitative estimate of drug-likeness (QED) is 0.467. The lowest BCUT2D eigenvalue weighted by atomic mass is 10.1. The number of nitrogens with one attached hydrogen (secondary N) is 1. The first-order valence-electron chi connectivity index (χ1n) is 6.78. The van der Waals surface area contributed by atoms with Gasteiger partial charge >= 0.3 is 0 Å². The summed E-state index contributed by atoms with van der Waals surface area (Å²) in [5.41, 5.74) is 1.20. The highest BCUT2D eigenvalue weighted by atomic mass is 35.5. The Morgan fingerprint density at radius 1 is 1.44 bits per heavy atom. The summed E-state index contributed by atoms with van der Waals surface area (Å²) in [6.07, 6.45) is 8.07. The van der Waals surface area contributed by atoms with E-state index in [0.717, 1.165) is 18.0 Å². The molecule has 18 heavy (non-hydrogen) atoms. The normalized spacial score (nSPS) is 12.6. The largest absolute Gasteiger partial charge is 0.309 e. The van der Waals surface area contributed by atoms with Crippen molar-refractivity contribution >= 4 is 22.9 Å². The summed E-state index contributed by atoms with van der Waals surface area (Å²) in [6, 6.07) is 0.421. The van der Waals surface area contributed by atoms with Gasteiger partial charge < -0.3 is 5.32 Å². The minimum Gasteiger partial charge on any atom is -0.309 e. The van der Waals surface area contributed by atoms with Gasteiger partial charge in [0.1, 0.15) is 0 Å². The van der Waals surface area contributed by atoms with Crippen molar-refractivity contribution < 1.29 is 0 Å². The van der Waals surface area contributed by atoms with Gasteiger partial charge in [0, 0.05) is 10.9 Å². The molecule has 0 aliphatic heterocycles. The number of rotatable bonds is 9. The molecule has 1 aromatic rings. The molecule has 0 aliphatic carbocycles. The first-order valence-corrected chi connectivity index (χ1v) is 8.04. The Morgan fingerprint density at radius 3 is 2.78 bits per heavy atom. The van der Waals surface area contributed by atoms with Crippen molar-refractivity contribution in [2.24, 2.45) is 0 Å². The van der Waals surface area contributed by atoms with Crippen LogP contribution in [0.15, 0.2) is 18.0 Å². The highest BCUT2D eigenvalue weighted by Crippen LogP contribution is 2.34. The molecule has 0 saturated heterocycles. The van der Waals surface area contributed by atoms with Crippen LogP contribution in [0.2, 0.25) is 5.02 Å². The van der Waals surface area contributed by atoms with Gasteiger partial charge in [0.05, 0.1) is 5.02 Å². The molecule has 102 valence electrons. The molecule has 0 spiro atoms. The second-order valence-electron chi connectivity index (χ2n) is 4.63. The SMILES string of the molecule is C=CCCCCCC(NCC)c1scc(C)c1Cl. The fourth-order valence-electron chi connectivity index (χ4n) is 2.07. The second kappa shape index (κ2) is 8.73. The maximum atomic E-state index is 6.36. The standard InChI is InChI=1S/C15H24ClNS/c1-4-6-7-8-9-10-13(17-5-2)15-14(16)12(3)11-18-15/h4,11,13,17H,1,5-10H2,2-3H3. The summed E-state index contributed by atoms with van der Waals surface area (Å²) in [4.78, 5) is 1.31. The second-order valence-corrected chi connectivity index (χ2v) is 5.92. The van der Waals surface area contributed by atoms with Crippen LogP contribution in [0.5, 0.6) is 0 Å².